The lowest BCUT2D eigenvalue weighted by Gasteiger charge is -2.19. The highest BCUT2D eigenvalue weighted by Crippen LogP contribution is 2.37. The maximum atomic E-state index is 13.9. The molecule has 1 atom stereocenters. The molecule has 0 saturated heterocycles. The summed E-state index contributed by atoms with van der Waals surface area (Å²) >= 11 is 0. The van der Waals surface area contributed by atoms with Gasteiger partial charge in [0.1, 0.15) is 11.1 Å². The van der Waals surface area contributed by atoms with Crippen LogP contribution >= 0.6 is 7.60 Å². The molecule has 10 heteroatoms. The van der Waals surface area contributed by atoms with Crippen LogP contribution in [-0.2, 0) is 15.3 Å². The lowest BCUT2D eigenvalue weighted by molar-refractivity contribution is -0.137. The minimum atomic E-state index is -4.77. The number of amides is 1. The fourth-order valence-electron chi connectivity index (χ4n) is 2.02. The molecule has 0 heterocycles. The molecule has 0 radical (unpaired) electrons. The van der Waals surface area contributed by atoms with E-state index in [0.29, 0.717) is 0 Å². The standard InChI is InChI=1S/C16H15F3NO5P/c17-14(25-12-8-4-5-9-13(12)26(22,23)24)15(21)20-10-16(18,19)11-6-2-1-3-7-11/h1-9,14H,10H2,(H,20,21)(H2,22,23,24). The highest BCUT2D eigenvalue weighted by molar-refractivity contribution is 7.60. The van der Waals surface area contributed by atoms with Gasteiger partial charge in [0.05, 0.1) is 6.54 Å². The second kappa shape index (κ2) is 7.90. The molecule has 2 aromatic rings. The fourth-order valence-corrected chi connectivity index (χ4v) is 2.72. The number of nitrogens with one attached hydrogen (secondary N) is 1. The highest BCUT2D eigenvalue weighted by Gasteiger charge is 2.33. The van der Waals surface area contributed by atoms with Gasteiger partial charge in [0.25, 0.3) is 11.8 Å². The van der Waals surface area contributed by atoms with Crippen LogP contribution in [0.5, 0.6) is 5.75 Å². The number of carbonyl (C=O) groups is 1. The molecule has 0 aliphatic rings. The van der Waals surface area contributed by atoms with Crippen LogP contribution in [0.3, 0.4) is 0 Å². The topological polar surface area (TPSA) is 95.9 Å². The van der Waals surface area contributed by atoms with Crippen molar-refractivity contribution in [1.29, 1.82) is 0 Å². The maximum absolute atomic E-state index is 13.9. The summed E-state index contributed by atoms with van der Waals surface area (Å²) in [5.41, 5.74) is -0.358. The van der Waals surface area contributed by atoms with Crippen molar-refractivity contribution >= 4 is 18.8 Å². The normalized spacial score (nSPS) is 13.1. The second-order valence-electron chi connectivity index (χ2n) is 5.23. The van der Waals surface area contributed by atoms with E-state index in [0.717, 1.165) is 24.3 Å². The SMILES string of the molecule is O=C(NCC(F)(F)c1ccccc1)C(F)Oc1ccccc1P(=O)(O)O. The summed E-state index contributed by atoms with van der Waals surface area (Å²) in [6.45, 7) is -1.17. The number of para-hydroxylation sites is 1. The van der Waals surface area contributed by atoms with Gasteiger partial charge in [-0.3, -0.25) is 9.36 Å². The Hall–Kier alpha value is -2.35. The zero-order valence-electron chi connectivity index (χ0n) is 13.2. The minimum absolute atomic E-state index is 0.358. The first-order valence-corrected chi connectivity index (χ1v) is 8.89. The fraction of sp³-hybridized carbons (Fsp3) is 0.188. The molecule has 0 aliphatic heterocycles. The molecular formula is C16H15F3NO5P. The molecule has 1 amide bonds. The van der Waals surface area contributed by atoms with Crippen molar-refractivity contribution in [1.82, 2.24) is 5.32 Å². The smallest absolute Gasteiger partial charge is 0.359 e. The van der Waals surface area contributed by atoms with E-state index in [1.807, 2.05) is 0 Å². The maximum Gasteiger partial charge on any atom is 0.359 e. The molecule has 0 aromatic heterocycles. The Morgan fingerprint density at radius 2 is 1.69 bits per heavy atom. The molecule has 2 rings (SSSR count). The van der Waals surface area contributed by atoms with Crippen LogP contribution in [-0.4, -0.2) is 28.6 Å². The minimum Gasteiger partial charge on any atom is -0.451 e. The molecule has 3 N–H and O–H groups in total. The lowest BCUT2D eigenvalue weighted by Crippen LogP contribution is -2.41. The number of alkyl halides is 3. The van der Waals surface area contributed by atoms with Crippen LogP contribution < -0.4 is 15.4 Å². The third-order valence-corrected chi connectivity index (χ3v) is 4.29. The summed E-state index contributed by atoms with van der Waals surface area (Å²) < 4.78 is 57.7. The van der Waals surface area contributed by atoms with E-state index in [2.05, 4.69) is 4.74 Å². The predicted octanol–water partition coefficient (Wildman–Crippen LogP) is 2.07. The predicted molar refractivity (Wildman–Crippen MR) is 87.0 cm³/mol. The van der Waals surface area contributed by atoms with Crippen molar-refractivity contribution in [3.8, 4) is 5.75 Å². The Labute approximate surface area is 146 Å². The largest absolute Gasteiger partial charge is 0.451 e. The monoisotopic (exact) mass is 389 g/mol. The summed E-state index contributed by atoms with van der Waals surface area (Å²) in [6, 6.07) is 11.3. The zero-order chi connectivity index (χ0) is 19.4. The molecule has 0 aliphatic carbocycles. The van der Waals surface area contributed by atoms with E-state index in [1.54, 1.807) is 11.4 Å². The van der Waals surface area contributed by atoms with Crippen LogP contribution in [0.25, 0.3) is 0 Å². The first-order valence-electron chi connectivity index (χ1n) is 7.28. The zero-order valence-corrected chi connectivity index (χ0v) is 14.1. The average Bonchev–Trinajstić information content (AvgIpc) is 2.60. The number of halogens is 3. The first kappa shape index (κ1) is 20.0. The number of ether oxygens (including phenoxy) is 1. The van der Waals surface area contributed by atoms with Crippen molar-refractivity contribution in [2.75, 3.05) is 6.54 Å². The van der Waals surface area contributed by atoms with Crippen LogP contribution in [0.1, 0.15) is 5.56 Å². The van der Waals surface area contributed by atoms with Crippen molar-refractivity contribution < 1.29 is 37.1 Å². The van der Waals surface area contributed by atoms with Crippen LogP contribution in [0.15, 0.2) is 54.6 Å². The van der Waals surface area contributed by atoms with Gasteiger partial charge < -0.3 is 19.8 Å². The van der Waals surface area contributed by atoms with Gasteiger partial charge in [0, 0.05) is 5.56 Å². The summed E-state index contributed by atoms with van der Waals surface area (Å²) in [4.78, 5) is 30.0. The summed E-state index contributed by atoms with van der Waals surface area (Å²) in [6.07, 6.45) is -2.73. The number of hydrogen-bond acceptors (Lipinski definition) is 3. The summed E-state index contributed by atoms with van der Waals surface area (Å²) in [5.74, 6) is -5.49. The highest BCUT2D eigenvalue weighted by atomic mass is 31.2. The van der Waals surface area contributed by atoms with Gasteiger partial charge >= 0.3 is 14.0 Å². The number of benzene rings is 2. The lowest BCUT2D eigenvalue weighted by atomic mass is 10.1. The molecule has 0 saturated carbocycles. The molecule has 6 nitrogen and oxygen atoms in total. The van der Waals surface area contributed by atoms with Gasteiger partial charge in [0.2, 0.25) is 0 Å². The Morgan fingerprint density at radius 3 is 2.31 bits per heavy atom. The Morgan fingerprint density at radius 1 is 1.12 bits per heavy atom. The van der Waals surface area contributed by atoms with Crippen molar-refractivity contribution in [3.05, 3.63) is 60.2 Å². The third kappa shape index (κ3) is 5.08. The van der Waals surface area contributed by atoms with Crippen LogP contribution in [0.2, 0.25) is 0 Å². The average molecular weight is 389 g/mol. The Kier molecular flexibility index (Phi) is 6.07. The van der Waals surface area contributed by atoms with E-state index in [9.17, 15) is 22.5 Å². The van der Waals surface area contributed by atoms with E-state index in [4.69, 9.17) is 9.79 Å². The van der Waals surface area contributed by atoms with Crippen molar-refractivity contribution in [3.63, 3.8) is 0 Å². The van der Waals surface area contributed by atoms with Gasteiger partial charge in [-0.25, -0.2) is 0 Å². The van der Waals surface area contributed by atoms with Crippen molar-refractivity contribution in [2.45, 2.75) is 12.3 Å². The number of rotatable bonds is 7. The van der Waals surface area contributed by atoms with E-state index in [-0.39, 0.29) is 5.56 Å². The molecule has 0 fully saturated rings. The molecular weight excluding hydrogens is 374 g/mol. The quantitative estimate of drug-likeness (QED) is 0.631. The third-order valence-electron chi connectivity index (χ3n) is 3.30. The van der Waals surface area contributed by atoms with Gasteiger partial charge in [-0.2, -0.15) is 13.2 Å². The molecule has 26 heavy (non-hydrogen) atoms. The van der Waals surface area contributed by atoms with Crippen LogP contribution in [0.4, 0.5) is 13.2 Å². The molecule has 0 spiro atoms. The number of carbonyl (C=O) groups excluding carboxylic acids is 1. The number of hydrogen-bond donors (Lipinski definition) is 3. The van der Waals surface area contributed by atoms with Gasteiger partial charge in [-0.1, -0.05) is 42.5 Å². The van der Waals surface area contributed by atoms with Gasteiger partial charge in [-0.05, 0) is 12.1 Å². The van der Waals surface area contributed by atoms with E-state index >= 15 is 0 Å². The van der Waals surface area contributed by atoms with Gasteiger partial charge in [-0.15, -0.1) is 0 Å². The van der Waals surface area contributed by atoms with Gasteiger partial charge in [0.15, 0.2) is 0 Å². The Bertz CT molecular complexity index is 813. The Balaban J connectivity index is 2.02. The molecule has 1 unspecified atom stereocenters. The molecule has 0 bridgehead atoms. The summed E-state index contributed by atoms with van der Waals surface area (Å²) in [5, 5.41) is 1.10. The van der Waals surface area contributed by atoms with E-state index < -0.39 is 43.4 Å². The van der Waals surface area contributed by atoms with Crippen molar-refractivity contribution in [2.24, 2.45) is 0 Å². The molecule has 2 aromatic carbocycles. The van der Waals surface area contributed by atoms with Crippen LogP contribution in [0, 0.1) is 0 Å². The van der Waals surface area contributed by atoms with E-state index in [1.165, 1.54) is 24.3 Å². The molecule has 140 valence electrons. The summed E-state index contributed by atoms with van der Waals surface area (Å²) in [7, 11) is -4.77. The second-order valence-corrected chi connectivity index (χ2v) is 6.80. The first-order chi connectivity index (χ1) is 12.1.